The summed E-state index contributed by atoms with van der Waals surface area (Å²) in [6.45, 7) is 2.86. The molecule has 0 amide bonds. The van der Waals surface area contributed by atoms with Crippen LogP contribution in [0.25, 0.3) is 11.1 Å². The topological polar surface area (TPSA) is 78.6 Å². The van der Waals surface area contributed by atoms with Gasteiger partial charge in [0.1, 0.15) is 5.52 Å². The number of anilines is 1. The number of nitrogens with zero attached hydrogens (tertiary/aromatic N) is 2. The monoisotopic (exact) mass is 289 g/mol. The summed E-state index contributed by atoms with van der Waals surface area (Å²) in [5.74, 6) is -0.771. The van der Waals surface area contributed by atoms with E-state index in [0.29, 0.717) is 18.1 Å². The quantitative estimate of drug-likeness (QED) is 0.848. The van der Waals surface area contributed by atoms with Crippen LogP contribution in [0.5, 0.6) is 0 Å². The Morgan fingerprint density at radius 2 is 2.24 bits per heavy atom. The Bertz CT molecular complexity index is 601. The summed E-state index contributed by atoms with van der Waals surface area (Å²) < 4.78 is 5.63. The summed E-state index contributed by atoms with van der Waals surface area (Å²) in [5.41, 5.74) is 1.62. The van der Waals surface area contributed by atoms with Gasteiger partial charge in [0.15, 0.2) is 5.58 Å². The number of rotatable bonds is 6. The van der Waals surface area contributed by atoms with Crippen molar-refractivity contribution in [1.82, 2.24) is 9.88 Å². The number of nitrogens with one attached hydrogen (secondary N) is 1. The molecule has 1 aliphatic carbocycles. The molecule has 0 spiro atoms. The maximum Gasteiger partial charge on any atom is 0.317 e. The Morgan fingerprint density at radius 1 is 1.48 bits per heavy atom. The van der Waals surface area contributed by atoms with Crippen LogP contribution in [-0.2, 0) is 4.79 Å². The molecule has 0 bridgehead atoms. The van der Waals surface area contributed by atoms with E-state index in [1.165, 1.54) is 0 Å². The summed E-state index contributed by atoms with van der Waals surface area (Å²) >= 11 is 0. The van der Waals surface area contributed by atoms with E-state index >= 15 is 0 Å². The fraction of sp³-hybridized carbons (Fsp3) is 0.467. The van der Waals surface area contributed by atoms with Crippen LogP contribution in [0.2, 0.25) is 0 Å². The van der Waals surface area contributed by atoms with Crippen LogP contribution in [0.3, 0.4) is 0 Å². The number of fused-ring (bicyclic) bond motifs is 1. The Kier molecular flexibility index (Phi) is 3.79. The first-order chi connectivity index (χ1) is 10.2. The van der Waals surface area contributed by atoms with Crippen molar-refractivity contribution in [2.24, 2.45) is 0 Å². The van der Waals surface area contributed by atoms with E-state index in [1.54, 1.807) is 0 Å². The Hall–Kier alpha value is -2.08. The van der Waals surface area contributed by atoms with Gasteiger partial charge >= 0.3 is 5.97 Å². The van der Waals surface area contributed by atoms with Crippen LogP contribution in [0.1, 0.15) is 19.8 Å². The van der Waals surface area contributed by atoms with Crippen LogP contribution < -0.4 is 5.32 Å². The number of para-hydroxylation sites is 2. The Labute approximate surface area is 122 Å². The zero-order valence-corrected chi connectivity index (χ0v) is 12.0. The van der Waals surface area contributed by atoms with E-state index in [4.69, 9.17) is 9.52 Å². The SMILES string of the molecule is CCN(CC(=O)O)C1CC(Nc2nc3ccccc3o2)C1. The first-order valence-electron chi connectivity index (χ1n) is 7.23. The molecule has 21 heavy (non-hydrogen) atoms. The van der Waals surface area contributed by atoms with Gasteiger partial charge in [-0.05, 0) is 31.5 Å². The largest absolute Gasteiger partial charge is 0.480 e. The minimum Gasteiger partial charge on any atom is -0.480 e. The number of carbonyl (C=O) groups is 1. The molecule has 3 rings (SSSR count). The second-order valence-electron chi connectivity index (χ2n) is 5.41. The van der Waals surface area contributed by atoms with Crippen LogP contribution in [0.15, 0.2) is 28.7 Å². The molecular formula is C15H19N3O3. The lowest BCUT2D eigenvalue weighted by Gasteiger charge is -2.41. The van der Waals surface area contributed by atoms with Gasteiger partial charge in [0.25, 0.3) is 6.01 Å². The van der Waals surface area contributed by atoms with Crippen LogP contribution in [0.4, 0.5) is 6.01 Å². The van der Waals surface area contributed by atoms with Gasteiger partial charge in [0.05, 0.1) is 6.54 Å². The molecule has 2 N–H and O–H groups in total. The van der Waals surface area contributed by atoms with Gasteiger partial charge in [-0.1, -0.05) is 19.1 Å². The minimum absolute atomic E-state index is 0.108. The van der Waals surface area contributed by atoms with Crippen molar-refractivity contribution in [3.8, 4) is 0 Å². The number of carboxylic acids is 1. The van der Waals surface area contributed by atoms with Crippen LogP contribution in [0, 0.1) is 0 Å². The zero-order chi connectivity index (χ0) is 14.8. The zero-order valence-electron chi connectivity index (χ0n) is 12.0. The maximum atomic E-state index is 10.8. The highest BCUT2D eigenvalue weighted by Gasteiger charge is 2.34. The van der Waals surface area contributed by atoms with Gasteiger partial charge in [0, 0.05) is 12.1 Å². The molecule has 112 valence electrons. The lowest BCUT2D eigenvalue weighted by Crippen LogP contribution is -2.51. The van der Waals surface area contributed by atoms with Crippen molar-refractivity contribution in [3.63, 3.8) is 0 Å². The van der Waals surface area contributed by atoms with E-state index in [9.17, 15) is 4.79 Å². The third-order valence-corrected chi connectivity index (χ3v) is 4.00. The lowest BCUT2D eigenvalue weighted by molar-refractivity contribution is -0.139. The molecule has 1 aromatic carbocycles. The van der Waals surface area contributed by atoms with Crippen molar-refractivity contribution < 1.29 is 14.3 Å². The number of aromatic nitrogens is 1. The third kappa shape index (κ3) is 3.00. The summed E-state index contributed by atoms with van der Waals surface area (Å²) in [6, 6.07) is 8.82. The first-order valence-corrected chi connectivity index (χ1v) is 7.23. The number of carboxylic acid groups (broad SMARTS) is 1. The van der Waals surface area contributed by atoms with Gasteiger partial charge in [-0.3, -0.25) is 9.69 Å². The predicted molar refractivity (Wildman–Crippen MR) is 79.3 cm³/mol. The van der Waals surface area contributed by atoms with Crippen molar-refractivity contribution in [2.75, 3.05) is 18.4 Å². The molecule has 1 aliphatic rings. The normalized spacial score (nSPS) is 21.4. The summed E-state index contributed by atoms with van der Waals surface area (Å²) in [6.07, 6.45) is 1.83. The van der Waals surface area contributed by atoms with Crippen molar-refractivity contribution in [1.29, 1.82) is 0 Å². The molecule has 0 saturated heterocycles. The number of benzene rings is 1. The highest BCUT2D eigenvalue weighted by atomic mass is 16.4. The number of aliphatic carboxylic acids is 1. The molecule has 1 aromatic heterocycles. The molecule has 1 heterocycles. The summed E-state index contributed by atoms with van der Waals surface area (Å²) in [7, 11) is 0. The number of hydrogen-bond acceptors (Lipinski definition) is 5. The average Bonchev–Trinajstić information content (AvgIpc) is 2.82. The van der Waals surface area contributed by atoms with E-state index < -0.39 is 5.97 Å². The molecular weight excluding hydrogens is 270 g/mol. The van der Waals surface area contributed by atoms with Gasteiger partial charge in [-0.15, -0.1) is 0 Å². The van der Waals surface area contributed by atoms with Gasteiger partial charge < -0.3 is 14.8 Å². The summed E-state index contributed by atoms with van der Waals surface area (Å²) in [4.78, 5) is 17.2. The molecule has 0 atom stereocenters. The van der Waals surface area contributed by atoms with Gasteiger partial charge in [-0.2, -0.15) is 4.98 Å². The van der Waals surface area contributed by atoms with E-state index in [2.05, 4.69) is 10.3 Å². The maximum absolute atomic E-state index is 10.8. The highest BCUT2D eigenvalue weighted by molar-refractivity contribution is 5.74. The Morgan fingerprint density at radius 3 is 2.90 bits per heavy atom. The standard InChI is InChI=1S/C15H19N3O3/c1-2-18(9-14(19)20)11-7-10(8-11)16-15-17-12-5-3-4-6-13(12)21-15/h3-6,10-11H,2,7-9H2,1H3,(H,16,17)(H,19,20). The molecule has 1 fully saturated rings. The lowest BCUT2D eigenvalue weighted by atomic mass is 9.85. The molecule has 1 saturated carbocycles. The smallest absolute Gasteiger partial charge is 0.317 e. The fourth-order valence-corrected chi connectivity index (χ4v) is 2.79. The minimum atomic E-state index is -0.771. The van der Waals surface area contributed by atoms with Gasteiger partial charge in [-0.25, -0.2) is 0 Å². The molecule has 0 aliphatic heterocycles. The van der Waals surface area contributed by atoms with Crippen molar-refractivity contribution in [2.45, 2.75) is 31.8 Å². The van der Waals surface area contributed by atoms with E-state index in [0.717, 1.165) is 30.5 Å². The fourth-order valence-electron chi connectivity index (χ4n) is 2.79. The second kappa shape index (κ2) is 5.73. The van der Waals surface area contributed by atoms with Crippen molar-refractivity contribution in [3.05, 3.63) is 24.3 Å². The van der Waals surface area contributed by atoms with Crippen LogP contribution in [-0.4, -0.2) is 46.1 Å². The predicted octanol–water partition coefficient (Wildman–Crippen LogP) is 2.18. The van der Waals surface area contributed by atoms with Gasteiger partial charge in [0.2, 0.25) is 0 Å². The second-order valence-corrected chi connectivity index (χ2v) is 5.41. The number of hydrogen-bond donors (Lipinski definition) is 2. The Balaban J connectivity index is 1.55. The summed E-state index contributed by atoms with van der Waals surface area (Å²) in [5, 5.41) is 12.2. The number of likely N-dealkylation sites (N-methyl/N-ethyl adjacent to an activating group) is 1. The highest BCUT2D eigenvalue weighted by Crippen LogP contribution is 2.29. The molecule has 0 unspecified atom stereocenters. The first kappa shape index (κ1) is 13.9. The molecule has 0 radical (unpaired) electrons. The van der Waals surface area contributed by atoms with Crippen molar-refractivity contribution >= 4 is 23.1 Å². The average molecular weight is 289 g/mol. The van der Waals surface area contributed by atoms with Crippen LogP contribution >= 0.6 is 0 Å². The molecule has 2 aromatic rings. The molecule has 6 heteroatoms. The number of oxazole rings is 1. The third-order valence-electron chi connectivity index (χ3n) is 4.00. The molecule has 6 nitrogen and oxygen atoms in total. The van der Waals surface area contributed by atoms with E-state index in [-0.39, 0.29) is 6.54 Å². The van der Waals surface area contributed by atoms with E-state index in [1.807, 2.05) is 36.1 Å².